The number of aromatic nitrogens is 1. The molecule has 2 atom stereocenters. The molecule has 0 bridgehead atoms. The van der Waals surface area contributed by atoms with Crippen LogP contribution in [0.25, 0.3) is 10.8 Å². The number of rotatable bonds is 3. The van der Waals surface area contributed by atoms with Gasteiger partial charge in [-0.2, -0.15) is 0 Å². The van der Waals surface area contributed by atoms with Gasteiger partial charge < -0.3 is 5.32 Å². The molecule has 5 nitrogen and oxygen atoms in total. The molecule has 2 aromatic rings. The van der Waals surface area contributed by atoms with Crippen LogP contribution < -0.4 is 10.0 Å². The predicted molar refractivity (Wildman–Crippen MR) is 82.6 cm³/mol. The van der Waals surface area contributed by atoms with Gasteiger partial charge in [-0.1, -0.05) is 12.1 Å². The van der Waals surface area contributed by atoms with Crippen LogP contribution in [0.5, 0.6) is 0 Å². The lowest BCUT2D eigenvalue weighted by Gasteiger charge is -2.30. The van der Waals surface area contributed by atoms with Crippen LogP contribution in [0.3, 0.4) is 0 Å². The highest BCUT2D eigenvalue weighted by molar-refractivity contribution is 7.89. The lowest BCUT2D eigenvalue weighted by molar-refractivity contribution is 0.349. The first-order chi connectivity index (χ1) is 10.1. The summed E-state index contributed by atoms with van der Waals surface area (Å²) in [5.74, 6) is 0. The van der Waals surface area contributed by atoms with Gasteiger partial charge in [0.2, 0.25) is 10.0 Å². The molecular formula is C15H19N3O2S. The van der Waals surface area contributed by atoms with Crippen molar-refractivity contribution in [1.82, 2.24) is 15.0 Å². The lowest BCUT2D eigenvalue weighted by Crippen LogP contribution is -2.51. The van der Waals surface area contributed by atoms with Crippen LogP contribution in [-0.4, -0.2) is 32.0 Å². The number of benzene rings is 1. The molecule has 1 aliphatic heterocycles. The van der Waals surface area contributed by atoms with Crippen molar-refractivity contribution in [2.24, 2.45) is 0 Å². The minimum absolute atomic E-state index is 0.0687. The first-order valence-electron chi connectivity index (χ1n) is 7.16. The fourth-order valence-corrected chi connectivity index (χ4v) is 4.38. The number of sulfonamides is 1. The minimum atomic E-state index is -3.54. The number of nitrogens with one attached hydrogen (secondary N) is 2. The second-order valence-electron chi connectivity index (χ2n) is 5.47. The largest absolute Gasteiger partial charge is 0.313 e. The molecule has 0 aliphatic carbocycles. The molecule has 1 aromatic heterocycles. The summed E-state index contributed by atoms with van der Waals surface area (Å²) >= 11 is 0. The third-order valence-electron chi connectivity index (χ3n) is 4.00. The first kappa shape index (κ1) is 14.4. The highest BCUT2D eigenvalue weighted by atomic mass is 32.2. The maximum atomic E-state index is 12.7. The van der Waals surface area contributed by atoms with Crippen LogP contribution in [0.2, 0.25) is 0 Å². The summed E-state index contributed by atoms with van der Waals surface area (Å²) in [4.78, 5) is 4.36. The van der Waals surface area contributed by atoms with Gasteiger partial charge in [-0.05, 0) is 38.4 Å². The topological polar surface area (TPSA) is 71.1 Å². The average molecular weight is 305 g/mol. The fourth-order valence-electron chi connectivity index (χ4n) is 2.79. The minimum Gasteiger partial charge on any atom is -0.313 e. The van der Waals surface area contributed by atoms with E-state index < -0.39 is 10.0 Å². The molecule has 2 heterocycles. The van der Waals surface area contributed by atoms with E-state index in [2.05, 4.69) is 15.0 Å². The van der Waals surface area contributed by atoms with Crippen LogP contribution >= 0.6 is 0 Å². The van der Waals surface area contributed by atoms with Crippen LogP contribution in [0.15, 0.2) is 41.6 Å². The number of nitrogens with zero attached hydrogens (tertiary/aromatic N) is 1. The Morgan fingerprint density at radius 1 is 1.33 bits per heavy atom. The van der Waals surface area contributed by atoms with Crippen molar-refractivity contribution in [2.45, 2.75) is 36.7 Å². The Morgan fingerprint density at radius 3 is 3.00 bits per heavy atom. The molecule has 1 saturated heterocycles. The van der Waals surface area contributed by atoms with Crippen LogP contribution in [0.1, 0.15) is 19.8 Å². The molecule has 0 amide bonds. The van der Waals surface area contributed by atoms with Crippen molar-refractivity contribution >= 4 is 20.8 Å². The van der Waals surface area contributed by atoms with Gasteiger partial charge in [0.1, 0.15) is 0 Å². The molecular weight excluding hydrogens is 286 g/mol. The Bertz CT molecular complexity index is 740. The van der Waals surface area contributed by atoms with Crippen LogP contribution in [0, 0.1) is 0 Å². The Hall–Kier alpha value is -1.50. The van der Waals surface area contributed by atoms with Gasteiger partial charge in [0.25, 0.3) is 0 Å². The summed E-state index contributed by atoms with van der Waals surface area (Å²) in [6, 6.07) is 7.08. The lowest BCUT2D eigenvalue weighted by atomic mass is 10.0. The second kappa shape index (κ2) is 5.71. The quantitative estimate of drug-likeness (QED) is 0.904. The van der Waals surface area contributed by atoms with Gasteiger partial charge in [0.05, 0.1) is 4.90 Å². The van der Waals surface area contributed by atoms with E-state index in [9.17, 15) is 8.42 Å². The van der Waals surface area contributed by atoms with Crippen LogP contribution in [0.4, 0.5) is 0 Å². The molecule has 1 fully saturated rings. The van der Waals surface area contributed by atoms with Crippen molar-refractivity contribution < 1.29 is 8.42 Å². The number of hydrogen-bond acceptors (Lipinski definition) is 4. The van der Waals surface area contributed by atoms with E-state index in [0.717, 1.165) is 24.8 Å². The van der Waals surface area contributed by atoms with Gasteiger partial charge in [0, 0.05) is 35.2 Å². The van der Waals surface area contributed by atoms with Crippen LogP contribution in [-0.2, 0) is 10.0 Å². The highest BCUT2D eigenvalue weighted by Gasteiger charge is 2.27. The number of piperidine rings is 1. The van der Waals surface area contributed by atoms with Gasteiger partial charge in [-0.15, -0.1) is 0 Å². The molecule has 3 rings (SSSR count). The number of hydrogen-bond donors (Lipinski definition) is 2. The third kappa shape index (κ3) is 2.92. The first-order valence-corrected chi connectivity index (χ1v) is 8.65. The van der Waals surface area contributed by atoms with Crippen molar-refractivity contribution in [3.05, 3.63) is 36.7 Å². The third-order valence-corrected chi connectivity index (χ3v) is 5.55. The fraction of sp³-hybridized carbons (Fsp3) is 0.400. The highest BCUT2D eigenvalue weighted by Crippen LogP contribution is 2.23. The molecule has 0 spiro atoms. The maximum Gasteiger partial charge on any atom is 0.241 e. The van der Waals surface area contributed by atoms with Crippen molar-refractivity contribution in [3.63, 3.8) is 0 Å². The van der Waals surface area contributed by atoms with E-state index in [1.54, 1.807) is 30.6 Å². The van der Waals surface area contributed by atoms with E-state index >= 15 is 0 Å². The molecule has 21 heavy (non-hydrogen) atoms. The summed E-state index contributed by atoms with van der Waals surface area (Å²) in [6.45, 7) is 2.96. The second-order valence-corrected chi connectivity index (χ2v) is 7.15. The molecule has 0 saturated carbocycles. The monoisotopic (exact) mass is 305 g/mol. The summed E-state index contributed by atoms with van der Waals surface area (Å²) in [6.07, 6.45) is 5.14. The maximum absolute atomic E-state index is 12.7. The standard InChI is InChI=1S/C15H19N3O2S/c1-11-14(5-3-8-17-11)18-21(19,20)15-6-2-4-12-10-16-9-7-13(12)15/h2,4,6-7,9-11,14,17-18H,3,5,8H2,1H3. The Labute approximate surface area is 124 Å². The zero-order chi connectivity index (χ0) is 14.9. The molecule has 112 valence electrons. The smallest absolute Gasteiger partial charge is 0.241 e. The van der Waals surface area contributed by atoms with Gasteiger partial charge in [0.15, 0.2) is 0 Å². The summed E-state index contributed by atoms with van der Waals surface area (Å²) in [5.41, 5.74) is 0. The van der Waals surface area contributed by atoms with E-state index in [1.165, 1.54) is 0 Å². The predicted octanol–water partition coefficient (Wildman–Crippen LogP) is 1.65. The Morgan fingerprint density at radius 2 is 2.19 bits per heavy atom. The van der Waals surface area contributed by atoms with Gasteiger partial charge >= 0.3 is 0 Å². The Kier molecular flexibility index (Phi) is 3.93. The molecule has 6 heteroatoms. The summed E-state index contributed by atoms with van der Waals surface area (Å²) in [5, 5.41) is 4.84. The van der Waals surface area contributed by atoms with Crippen molar-refractivity contribution in [1.29, 1.82) is 0 Å². The SMILES string of the molecule is CC1NCCCC1NS(=O)(=O)c1cccc2cnccc12. The zero-order valence-corrected chi connectivity index (χ0v) is 12.7. The van der Waals surface area contributed by atoms with Crippen molar-refractivity contribution in [2.75, 3.05) is 6.54 Å². The normalized spacial score (nSPS) is 23.3. The molecule has 1 aromatic carbocycles. The van der Waals surface area contributed by atoms with E-state index in [4.69, 9.17) is 0 Å². The zero-order valence-electron chi connectivity index (χ0n) is 11.9. The van der Waals surface area contributed by atoms with Gasteiger partial charge in [-0.25, -0.2) is 13.1 Å². The average Bonchev–Trinajstić information content (AvgIpc) is 2.49. The van der Waals surface area contributed by atoms with E-state index in [-0.39, 0.29) is 12.1 Å². The van der Waals surface area contributed by atoms with Gasteiger partial charge in [-0.3, -0.25) is 4.98 Å². The molecule has 2 unspecified atom stereocenters. The molecule has 2 N–H and O–H groups in total. The molecule has 1 aliphatic rings. The van der Waals surface area contributed by atoms with Crippen molar-refractivity contribution in [3.8, 4) is 0 Å². The number of fused-ring (bicyclic) bond motifs is 1. The Balaban J connectivity index is 1.97. The molecule has 0 radical (unpaired) electrons. The summed E-state index contributed by atoms with van der Waals surface area (Å²) < 4.78 is 28.2. The van der Waals surface area contributed by atoms with E-state index in [0.29, 0.717) is 10.3 Å². The van der Waals surface area contributed by atoms with E-state index in [1.807, 2.05) is 13.0 Å². The number of pyridine rings is 1. The summed E-state index contributed by atoms with van der Waals surface area (Å²) in [7, 11) is -3.54.